The largest absolute Gasteiger partial charge is 0.444 e. The fraction of sp³-hybridized carbons (Fsp3) is 0.600. The van der Waals surface area contributed by atoms with E-state index in [0.29, 0.717) is 12.1 Å². The zero-order valence-electron chi connectivity index (χ0n) is 16.4. The third-order valence-electron chi connectivity index (χ3n) is 5.44. The van der Waals surface area contributed by atoms with Crippen LogP contribution in [0.2, 0.25) is 0 Å². The first-order chi connectivity index (χ1) is 13.3. The maximum atomic E-state index is 13.5. The first kappa shape index (κ1) is 21.4. The highest BCUT2D eigenvalue weighted by atomic mass is 19.4. The first-order valence-corrected chi connectivity index (χ1v) is 9.52. The molecule has 29 heavy (non-hydrogen) atoms. The number of carbonyl (C=O) groups is 2. The van der Waals surface area contributed by atoms with Crippen LogP contribution >= 0.6 is 0 Å². The number of rotatable bonds is 3. The van der Waals surface area contributed by atoms with E-state index in [1.54, 1.807) is 20.8 Å². The second-order valence-corrected chi connectivity index (χ2v) is 8.71. The molecule has 1 aromatic rings. The van der Waals surface area contributed by atoms with Gasteiger partial charge >= 0.3 is 12.3 Å². The molecule has 0 aliphatic heterocycles. The van der Waals surface area contributed by atoms with E-state index in [-0.39, 0.29) is 17.5 Å². The first-order valence-electron chi connectivity index (χ1n) is 9.52. The number of halogens is 4. The average molecular weight is 416 g/mol. The Labute approximate surface area is 166 Å². The van der Waals surface area contributed by atoms with Crippen LogP contribution in [0.3, 0.4) is 0 Å². The molecular weight excluding hydrogens is 392 g/mol. The molecule has 0 unspecified atom stereocenters. The Morgan fingerprint density at radius 2 is 1.76 bits per heavy atom. The molecule has 0 spiro atoms. The smallest absolute Gasteiger partial charge is 0.419 e. The number of anilines is 1. The molecule has 2 amide bonds. The van der Waals surface area contributed by atoms with E-state index < -0.39 is 47.1 Å². The van der Waals surface area contributed by atoms with Gasteiger partial charge in [-0.2, -0.15) is 13.2 Å². The molecule has 2 saturated carbocycles. The lowest BCUT2D eigenvalue weighted by Gasteiger charge is -2.31. The van der Waals surface area contributed by atoms with E-state index in [0.717, 1.165) is 25.3 Å². The molecule has 2 aliphatic carbocycles. The van der Waals surface area contributed by atoms with Gasteiger partial charge in [-0.1, -0.05) is 0 Å². The Morgan fingerprint density at radius 3 is 2.38 bits per heavy atom. The Morgan fingerprint density at radius 1 is 1.10 bits per heavy atom. The normalized spacial score (nSPS) is 26.3. The highest BCUT2D eigenvalue weighted by Crippen LogP contribution is 2.49. The van der Waals surface area contributed by atoms with E-state index in [2.05, 4.69) is 10.6 Å². The van der Waals surface area contributed by atoms with Crippen LogP contribution < -0.4 is 10.6 Å². The number of hydrogen-bond donors (Lipinski definition) is 2. The standard InChI is InChI=1S/C20H24F4N2O3/c1-19(2,3)29-18(28)26-16-11-5-4-10(8-11)15(16)17(27)25-12-6-7-14(21)13(9-12)20(22,23)24/h6-7,9-11,15-16H,4-5,8H2,1-3H3,(H,25,27)(H,26,28)/t10-,11+,15+,16-/m1/s1. The Hall–Kier alpha value is -2.32. The van der Waals surface area contributed by atoms with Gasteiger partial charge in [-0.25, -0.2) is 9.18 Å². The highest BCUT2D eigenvalue weighted by molar-refractivity contribution is 5.94. The van der Waals surface area contributed by atoms with E-state index in [1.165, 1.54) is 0 Å². The van der Waals surface area contributed by atoms with Crippen LogP contribution in [0, 0.1) is 23.6 Å². The van der Waals surface area contributed by atoms with E-state index in [4.69, 9.17) is 4.74 Å². The van der Waals surface area contributed by atoms with Gasteiger partial charge in [0, 0.05) is 11.7 Å². The number of nitrogens with one attached hydrogen (secondary N) is 2. The summed E-state index contributed by atoms with van der Waals surface area (Å²) < 4.78 is 57.5. The van der Waals surface area contributed by atoms with Crippen molar-refractivity contribution >= 4 is 17.7 Å². The van der Waals surface area contributed by atoms with Crippen LogP contribution in [0.1, 0.15) is 45.6 Å². The Bertz CT molecular complexity index is 804. The highest BCUT2D eigenvalue weighted by Gasteiger charge is 2.51. The summed E-state index contributed by atoms with van der Waals surface area (Å²) in [5.41, 5.74) is -2.27. The van der Waals surface area contributed by atoms with Crippen LogP contribution in [0.15, 0.2) is 18.2 Å². The summed E-state index contributed by atoms with van der Waals surface area (Å²) in [5, 5.41) is 5.23. The Kier molecular flexibility index (Phi) is 5.53. The van der Waals surface area contributed by atoms with E-state index in [9.17, 15) is 27.2 Å². The number of carbonyl (C=O) groups excluding carboxylic acids is 2. The molecule has 4 atom stereocenters. The molecule has 0 radical (unpaired) electrons. The number of ether oxygens (including phenoxy) is 1. The zero-order chi connectivity index (χ0) is 21.6. The summed E-state index contributed by atoms with van der Waals surface area (Å²) in [6, 6.07) is 1.89. The molecule has 0 aromatic heterocycles. The minimum atomic E-state index is -4.86. The van der Waals surface area contributed by atoms with Crippen molar-refractivity contribution in [3.05, 3.63) is 29.6 Å². The minimum Gasteiger partial charge on any atom is -0.444 e. The van der Waals surface area contributed by atoms with Gasteiger partial charge < -0.3 is 15.4 Å². The predicted molar refractivity (Wildman–Crippen MR) is 97.5 cm³/mol. The molecule has 2 N–H and O–H groups in total. The van der Waals surface area contributed by atoms with Crippen molar-refractivity contribution in [2.24, 2.45) is 17.8 Å². The topological polar surface area (TPSA) is 67.4 Å². The molecule has 1 aromatic carbocycles. The molecule has 160 valence electrons. The second-order valence-electron chi connectivity index (χ2n) is 8.71. The summed E-state index contributed by atoms with van der Waals surface area (Å²) in [6.45, 7) is 5.18. The summed E-state index contributed by atoms with van der Waals surface area (Å²) in [5.74, 6) is -2.33. The number of alkyl carbamates (subject to hydrolysis) is 1. The quantitative estimate of drug-likeness (QED) is 0.701. The van der Waals surface area contributed by atoms with E-state index in [1.807, 2.05) is 0 Å². The summed E-state index contributed by atoms with van der Waals surface area (Å²) in [6.07, 6.45) is -3.06. The van der Waals surface area contributed by atoms with Crippen LogP contribution in [-0.4, -0.2) is 23.6 Å². The van der Waals surface area contributed by atoms with Crippen molar-refractivity contribution in [1.29, 1.82) is 0 Å². The van der Waals surface area contributed by atoms with Gasteiger partial charge in [-0.15, -0.1) is 0 Å². The van der Waals surface area contributed by atoms with Gasteiger partial charge in [0.2, 0.25) is 5.91 Å². The Balaban J connectivity index is 1.74. The molecule has 9 heteroatoms. The molecule has 3 rings (SSSR count). The van der Waals surface area contributed by atoms with Gasteiger partial charge in [-0.05, 0) is 70.1 Å². The number of hydrogen-bond acceptors (Lipinski definition) is 3. The van der Waals surface area contributed by atoms with Crippen molar-refractivity contribution in [3.8, 4) is 0 Å². The van der Waals surface area contributed by atoms with Gasteiger partial charge in [0.05, 0.1) is 11.5 Å². The lowest BCUT2D eigenvalue weighted by Crippen LogP contribution is -2.49. The molecular formula is C20H24F4N2O3. The molecule has 2 bridgehead atoms. The third-order valence-corrected chi connectivity index (χ3v) is 5.44. The maximum Gasteiger partial charge on any atom is 0.419 e. The van der Waals surface area contributed by atoms with Crippen molar-refractivity contribution in [2.45, 2.75) is 57.9 Å². The van der Waals surface area contributed by atoms with Crippen molar-refractivity contribution in [1.82, 2.24) is 5.32 Å². The molecule has 0 saturated heterocycles. The number of fused-ring (bicyclic) bond motifs is 2. The van der Waals surface area contributed by atoms with Gasteiger partial charge in [0.25, 0.3) is 0 Å². The molecule has 5 nitrogen and oxygen atoms in total. The number of alkyl halides is 3. The summed E-state index contributed by atoms with van der Waals surface area (Å²) in [4.78, 5) is 25.0. The molecule has 2 aliphatic rings. The van der Waals surface area contributed by atoms with Gasteiger partial charge in [0.15, 0.2) is 0 Å². The average Bonchev–Trinajstić information content (AvgIpc) is 3.15. The lowest BCUT2D eigenvalue weighted by molar-refractivity contribution is -0.140. The third kappa shape index (κ3) is 4.82. The SMILES string of the molecule is CC(C)(C)OC(=O)N[C@@H]1[C@H]2CC[C@H](C2)[C@@H]1C(=O)Nc1ccc(F)c(C(F)(F)F)c1. The van der Waals surface area contributed by atoms with Gasteiger partial charge in [0.1, 0.15) is 11.4 Å². The zero-order valence-corrected chi connectivity index (χ0v) is 16.4. The molecule has 2 fully saturated rings. The van der Waals surface area contributed by atoms with Crippen molar-refractivity contribution in [2.75, 3.05) is 5.32 Å². The number of amides is 2. The summed E-state index contributed by atoms with van der Waals surface area (Å²) in [7, 11) is 0. The van der Waals surface area contributed by atoms with Gasteiger partial charge in [-0.3, -0.25) is 4.79 Å². The van der Waals surface area contributed by atoms with Crippen LogP contribution in [-0.2, 0) is 15.7 Å². The van der Waals surface area contributed by atoms with Crippen molar-refractivity contribution < 1.29 is 31.9 Å². The van der Waals surface area contributed by atoms with Crippen LogP contribution in [0.25, 0.3) is 0 Å². The minimum absolute atomic E-state index is 0.0301. The van der Waals surface area contributed by atoms with Crippen LogP contribution in [0.4, 0.5) is 28.0 Å². The van der Waals surface area contributed by atoms with Crippen LogP contribution in [0.5, 0.6) is 0 Å². The lowest BCUT2D eigenvalue weighted by atomic mass is 9.83. The second kappa shape index (κ2) is 7.50. The summed E-state index contributed by atoms with van der Waals surface area (Å²) >= 11 is 0. The van der Waals surface area contributed by atoms with Crippen molar-refractivity contribution in [3.63, 3.8) is 0 Å². The fourth-order valence-corrected chi connectivity index (χ4v) is 4.37. The molecule has 0 heterocycles. The predicted octanol–water partition coefficient (Wildman–Crippen LogP) is 4.72. The maximum absolute atomic E-state index is 13.5. The van der Waals surface area contributed by atoms with E-state index >= 15 is 0 Å². The number of benzene rings is 1. The fourth-order valence-electron chi connectivity index (χ4n) is 4.37. The monoisotopic (exact) mass is 416 g/mol.